The van der Waals surface area contributed by atoms with Crippen LogP contribution in [0.5, 0.6) is 0 Å². The van der Waals surface area contributed by atoms with Crippen molar-refractivity contribution in [1.82, 2.24) is 19.6 Å². The number of aromatic nitrogens is 4. The summed E-state index contributed by atoms with van der Waals surface area (Å²) in [6.45, 7) is 3.23. The fourth-order valence-electron chi connectivity index (χ4n) is 5.75. The maximum Gasteiger partial charge on any atom is 0.135 e. The second-order valence-electron chi connectivity index (χ2n) is 10.3. The third kappa shape index (κ3) is 4.29. The van der Waals surface area contributed by atoms with E-state index in [-0.39, 0.29) is 23.2 Å². The van der Waals surface area contributed by atoms with E-state index in [4.69, 9.17) is 10.5 Å². The minimum Gasteiger partial charge on any atom is -0.380 e. The second kappa shape index (κ2) is 9.33. The average Bonchev–Trinajstić information content (AvgIpc) is 3.19. The van der Waals surface area contributed by atoms with E-state index in [1.54, 1.807) is 22.8 Å². The molecule has 0 unspecified atom stereocenters. The van der Waals surface area contributed by atoms with Gasteiger partial charge in [-0.3, -0.25) is 4.98 Å². The van der Waals surface area contributed by atoms with Gasteiger partial charge >= 0.3 is 0 Å². The van der Waals surface area contributed by atoms with Crippen LogP contribution in [0.3, 0.4) is 0 Å². The normalized spacial score (nSPS) is 22.6. The molecule has 186 valence electrons. The topological polar surface area (TPSA) is 78.3 Å². The largest absolute Gasteiger partial charge is 0.380 e. The highest BCUT2D eigenvalue weighted by atomic mass is 19.1. The first-order valence-electron chi connectivity index (χ1n) is 12.6. The van der Waals surface area contributed by atoms with E-state index in [0.29, 0.717) is 42.9 Å². The van der Waals surface area contributed by atoms with Gasteiger partial charge in [0.25, 0.3) is 0 Å². The van der Waals surface area contributed by atoms with Crippen LogP contribution in [0.1, 0.15) is 60.5 Å². The Kier molecular flexibility index (Phi) is 6.01. The van der Waals surface area contributed by atoms with Gasteiger partial charge in [0.2, 0.25) is 0 Å². The standard InChI is InChI=1S/C28H29F2N5O/c1-16-6-18(8-21(31)7-16)23-4-5-32-12-19(23)11-27-33-13-22-2-3-26(34-35(22)27)28-24(29)9-17(10-25(28)30)20-14-36-15-20/h2-5,9-10,12-13,16,18,20-21H,6-8,11,14-15,31H2,1H3/t16-,18+,21-/m0/s1. The molecule has 4 aromatic rings. The van der Waals surface area contributed by atoms with Gasteiger partial charge in [-0.15, -0.1) is 0 Å². The van der Waals surface area contributed by atoms with Crippen molar-refractivity contribution in [3.63, 3.8) is 0 Å². The molecule has 0 radical (unpaired) electrons. The summed E-state index contributed by atoms with van der Waals surface area (Å²) in [5.41, 5.74) is 10.1. The molecule has 2 N–H and O–H groups in total. The monoisotopic (exact) mass is 489 g/mol. The molecule has 4 heterocycles. The SMILES string of the molecule is C[C@@H]1C[C@H](N)C[C@H](c2ccncc2Cc2ncc3ccc(-c4c(F)cc(C5COC5)cc4F)nn23)C1. The summed E-state index contributed by atoms with van der Waals surface area (Å²) >= 11 is 0. The highest BCUT2D eigenvalue weighted by Crippen LogP contribution is 2.37. The smallest absolute Gasteiger partial charge is 0.135 e. The van der Waals surface area contributed by atoms with E-state index in [1.165, 1.54) is 17.7 Å². The van der Waals surface area contributed by atoms with Crippen LogP contribution in [0.4, 0.5) is 8.78 Å². The van der Waals surface area contributed by atoms with Gasteiger partial charge in [0.15, 0.2) is 0 Å². The summed E-state index contributed by atoms with van der Waals surface area (Å²) in [4.78, 5) is 8.95. The van der Waals surface area contributed by atoms with Crippen LogP contribution in [-0.4, -0.2) is 38.8 Å². The molecule has 1 aromatic carbocycles. The van der Waals surface area contributed by atoms with Crippen molar-refractivity contribution in [3.05, 3.63) is 83.1 Å². The number of nitrogens with two attached hydrogens (primary N) is 1. The first-order valence-corrected chi connectivity index (χ1v) is 12.6. The Morgan fingerprint density at radius 3 is 2.56 bits per heavy atom. The van der Waals surface area contributed by atoms with Crippen LogP contribution >= 0.6 is 0 Å². The van der Waals surface area contributed by atoms with Crippen molar-refractivity contribution in [2.45, 2.75) is 50.5 Å². The van der Waals surface area contributed by atoms with E-state index < -0.39 is 11.6 Å². The van der Waals surface area contributed by atoms with Gasteiger partial charge in [-0.05, 0) is 78.1 Å². The van der Waals surface area contributed by atoms with Crippen molar-refractivity contribution >= 4 is 5.52 Å². The lowest BCUT2D eigenvalue weighted by Crippen LogP contribution is -2.31. The number of fused-ring (bicyclic) bond motifs is 1. The molecule has 6 nitrogen and oxygen atoms in total. The third-order valence-electron chi connectivity index (χ3n) is 7.59. The van der Waals surface area contributed by atoms with Crippen molar-refractivity contribution < 1.29 is 13.5 Å². The third-order valence-corrected chi connectivity index (χ3v) is 7.59. The Morgan fingerprint density at radius 2 is 1.83 bits per heavy atom. The fraction of sp³-hybridized carbons (Fsp3) is 0.393. The average molecular weight is 490 g/mol. The molecule has 3 aromatic heterocycles. The van der Waals surface area contributed by atoms with E-state index in [2.05, 4.69) is 28.1 Å². The summed E-state index contributed by atoms with van der Waals surface area (Å²) in [5, 5.41) is 4.61. The number of hydrogen-bond acceptors (Lipinski definition) is 5. The van der Waals surface area contributed by atoms with Crippen molar-refractivity contribution in [2.75, 3.05) is 13.2 Å². The molecule has 1 saturated heterocycles. The highest BCUT2D eigenvalue weighted by molar-refractivity contribution is 5.63. The molecular weight excluding hydrogens is 460 g/mol. The Hall–Kier alpha value is -3.23. The number of imidazole rings is 1. The van der Waals surface area contributed by atoms with Crippen molar-refractivity contribution in [2.24, 2.45) is 11.7 Å². The van der Waals surface area contributed by atoms with E-state index in [0.717, 1.165) is 30.3 Å². The summed E-state index contributed by atoms with van der Waals surface area (Å²) in [6.07, 6.45) is 9.05. The van der Waals surface area contributed by atoms with Crippen LogP contribution in [0, 0.1) is 17.6 Å². The van der Waals surface area contributed by atoms with Gasteiger partial charge in [-0.2, -0.15) is 5.10 Å². The fourth-order valence-corrected chi connectivity index (χ4v) is 5.75. The number of halogens is 2. The lowest BCUT2D eigenvalue weighted by Gasteiger charge is -2.32. The predicted octanol–water partition coefficient (Wildman–Crippen LogP) is 5.01. The minimum atomic E-state index is -0.622. The van der Waals surface area contributed by atoms with Crippen molar-refractivity contribution in [3.8, 4) is 11.3 Å². The molecule has 0 bridgehead atoms. The van der Waals surface area contributed by atoms with Gasteiger partial charge in [0.1, 0.15) is 17.5 Å². The molecule has 2 fully saturated rings. The summed E-state index contributed by atoms with van der Waals surface area (Å²) in [6, 6.07) is 8.49. The highest BCUT2D eigenvalue weighted by Gasteiger charge is 2.28. The molecular formula is C28H29F2N5O. The number of nitrogens with zero attached hydrogens (tertiary/aromatic N) is 4. The Balaban J connectivity index is 1.34. The van der Waals surface area contributed by atoms with E-state index in [1.807, 2.05) is 12.4 Å². The minimum absolute atomic E-state index is 0.0362. The summed E-state index contributed by atoms with van der Waals surface area (Å²) in [7, 11) is 0. The Labute approximate surface area is 208 Å². The van der Waals surface area contributed by atoms with Crippen LogP contribution in [-0.2, 0) is 11.2 Å². The molecule has 1 aliphatic carbocycles. The number of rotatable bonds is 5. The molecule has 0 amide bonds. The second-order valence-corrected chi connectivity index (χ2v) is 10.3. The molecule has 8 heteroatoms. The van der Waals surface area contributed by atoms with Gasteiger partial charge < -0.3 is 10.5 Å². The van der Waals surface area contributed by atoms with Crippen LogP contribution in [0.2, 0.25) is 0 Å². The molecule has 1 saturated carbocycles. The molecule has 6 rings (SSSR count). The van der Waals surface area contributed by atoms with E-state index >= 15 is 8.78 Å². The zero-order valence-electron chi connectivity index (χ0n) is 20.2. The zero-order chi connectivity index (χ0) is 24.8. The number of hydrogen-bond donors (Lipinski definition) is 1. The van der Waals surface area contributed by atoms with Gasteiger partial charge in [0, 0.05) is 30.8 Å². The Morgan fingerprint density at radius 1 is 1.03 bits per heavy atom. The number of pyridine rings is 1. The maximum absolute atomic E-state index is 15.0. The van der Waals surface area contributed by atoms with Gasteiger partial charge in [-0.1, -0.05) is 6.92 Å². The first kappa shape index (κ1) is 23.2. The van der Waals surface area contributed by atoms with Crippen LogP contribution in [0.15, 0.2) is 48.9 Å². The Bertz CT molecular complexity index is 1380. The molecule has 36 heavy (non-hydrogen) atoms. The van der Waals surface area contributed by atoms with Gasteiger partial charge in [0.05, 0.1) is 36.2 Å². The molecule has 1 aliphatic heterocycles. The number of benzene rings is 1. The predicted molar refractivity (Wildman–Crippen MR) is 133 cm³/mol. The lowest BCUT2D eigenvalue weighted by molar-refractivity contribution is 0.00822. The zero-order valence-corrected chi connectivity index (χ0v) is 20.2. The van der Waals surface area contributed by atoms with E-state index in [9.17, 15) is 0 Å². The quantitative estimate of drug-likeness (QED) is 0.427. The summed E-state index contributed by atoms with van der Waals surface area (Å²) < 4.78 is 36.9. The first-order chi connectivity index (χ1) is 17.5. The van der Waals surface area contributed by atoms with Crippen molar-refractivity contribution in [1.29, 1.82) is 0 Å². The lowest BCUT2D eigenvalue weighted by atomic mass is 9.75. The van der Waals surface area contributed by atoms with Gasteiger partial charge in [-0.25, -0.2) is 18.3 Å². The molecule has 2 aliphatic rings. The number of ether oxygens (including phenoxy) is 1. The molecule has 0 spiro atoms. The van der Waals surface area contributed by atoms with Crippen LogP contribution < -0.4 is 5.73 Å². The summed E-state index contributed by atoms with van der Waals surface area (Å²) in [5.74, 6) is 0.432. The maximum atomic E-state index is 15.0. The molecule has 3 atom stereocenters. The van der Waals surface area contributed by atoms with Crippen LogP contribution in [0.25, 0.3) is 16.8 Å².